The lowest BCUT2D eigenvalue weighted by Gasteiger charge is -2.34. The van der Waals surface area contributed by atoms with E-state index < -0.39 is 16.1 Å². The van der Waals surface area contributed by atoms with Crippen LogP contribution in [0.5, 0.6) is 0 Å². The molecule has 0 aromatic carbocycles. The van der Waals surface area contributed by atoms with Gasteiger partial charge < -0.3 is 9.67 Å². The summed E-state index contributed by atoms with van der Waals surface area (Å²) >= 11 is 0. The van der Waals surface area contributed by atoms with E-state index in [-0.39, 0.29) is 11.7 Å². The molecule has 1 saturated heterocycles. The summed E-state index contributed by atoms with van der Waals surface area (Å²) in [5, 5.41) is 10.5. The number of piperidine rings is 1. The number of hydrogen-bond donors (Lipinski definition) is 1. The zero-order valence-corrected chi connectivity index (χ0v) is 13.2. The number of hydrogen-bond acceptors (Lipinski definition) is 4. The third-order valence-electron chi connectivity index (χ3n) is 3.96. The van der Waals surface area contributed by atoms with Crippen molar-refractivity contribution in [1.29, 1.82) is 0 Å². The molecule has 0 aliphatic carbocycles. The summed E-state index contributed by atoms with van der Waals surface area (Å²) in [7, 11) is -1.44. The van der Waals surface area contributed by atoms with Crippen molar-refractivity contribution in [3.05, 3.63) is 30.9 Å². The highest BCUT2D eigenvalue weighted by Crippen LogP contribution is 2.30. The van der Waals surface area contributed by atoms with E-state index in [2.05, 4.69) is 11.6 Å². The van der Waals surface area contributed by atoms with E-state index in [1.54, 1.807) is 23.0 Å². The van der Waals surface area contributed by atoms with Gasteiger partial charge in [0.2, 0.25) is 10.0 Å². The van der Waals surface area contributed by atoms with Gasteiger partial charge in [0.1, 0.15) is 11.9 Å². The van der Waals surface area contributed by atoms with E-state index in [1.807, 2.05) is 7.05 Å². The molecule has 2 heterocycles. The zero-order chi connectivity index (χ0) is 15.5. The highest BCUT2D eigenvalue weighted by Gasteiger charge is 2.33. The number of allylic oxidation sites excluding steroid dienone is 1. The Labute approximate surface area is 126 Å². The molecule has 21 heavy (non-hydrogen) atoms. The minimum Gasteiger partial charge on any atom is -0.385 e. The molecule has 1 aliphatic heterocycles. The minimum atomic E-state index is -3.27. The molecular weight excluding hydrogens is 290 g/mol. The molecule has 0 radical (unpaired) electrons. The number of aliphatic hydroxyl groups excluding tert-OH is 1. The maximum atomic E-state index is 12.2. The summed E-state index contributed by atoms with van der Waals surface area (Å²) in [4.78, 5) is 4.16. The zero-order valence-electron chi connectivity index (χ0n) is 12.4. The molecule has 0 amide bonds. The van der Waals surface area contributed by atoms with Crippen LogP contribution in [0.15, 0.2) is 25.0 Å². The molecule has 6 nitrogen and oxygen atoms in total. The Morgan fingerprint density at radius 1 is 1.62 bits per heavy atom. The first-order valence-corrected chi connectivity index (χ1v) is 8.80. The fraction of sp³-hybridized carbons (Fsp3) is 0.643. The summed E-state index contributed by atoms with van der Waals surface area (Å²) < 4.78 is 27.8. The fourth-order valence-corrected chi connectivity index (χ4v) is 4.27. The van der Waals surface area contributed by atoms with E-state index in [9.17, 15) is 13.5 Å². The van der Waals surface area contributed by atoms with Gasteiger partial charge in [0.15, 0.2) is 0 Å². The highest BCUT2D eigenvalue weighted by molar-refractivity contribution is 7.89. The van der Waals surface area contributed by atoms with Crippen LogP contribution in [0, 0.1) is 5.92 Å². The lowest BCUT2D eigenvalue weighted by molar-refractivity contribution is 0.0646. The average Bonchev–Trinajstić information content (AvgIpc) is 2.90. The molecule has 0 bridgehead atoms. The molecule has 2 unspecified atom stereocenters. The van der Waals surface area contributed by atoms with E-state index in [1.165, 1.54) is 4.31 Å². The normalized spacial score (nSPS) is 22.1. The van der Waals surface area contributed by atoms with Crippen LogP contribution >= 0.6 is 0 Å². The number of aliphatic hydroxyl groups is 1. The van der Waals surface area contributed by atoms with Gasteiger partial charge in [-0.3, -0.25) is 0 Å². The lowest BCUT2D eigenvalue weighted by Crippen LogP contribution is -2.42. The van der Waals surface area contributed by atoms with Gasteiger partial charge in [-0.05, 0) is 19.3 Å². The number of imidazole rings is 1. The predicted molar refractivity (Wildman–Crippen MR) is 81.1 cm³/mol. The molecule has 1 aliphatic rings. The Morgan fingerprint density at radius 2 is 2.38 bits per heavy atom. The molecule has 1 aromatic rings. The predicted octanol–water partition coefficient (Wildman–Crippen LogP) is 1.07. The standard InChI is InChI=1S/C14H23N3O3S/c1-3-4-10-21(19,20)17-8-5-6-12(11-17)13(18)14-15-7-9-16(14)2/h3,7,9,12-13,18H,1,4-6,8,10-11H2,2H3. The van der Waals surface area contributed by atoms with Crippen LogP contribution in [-0.2, 0) is 17.1 Å². The molecule has 118 valence electrons. The molecule has 1 aromatic heterocycles. The number of sulfonamides is 1. The minimum absolute atomic E-state index is 0.0850. The molecule has 1 N–H and O–H groups in total. The van der Waals surface area contributed by atoms with Crippen molar-refractivity contribution >= 4 is 10.0 Å². The van der Waals surface area contributed by atoms with Crippen LogP contribution in [0.4, 0.5) is 0 Å². The Hall–Kier alpha value is -1.18. The van der Waals surface area contributed by atoms with E-state index in [0.29, 0.717) is 25.3 Å². The topological polar surface area (TPSA) is 75.4 Å². The summed E-state index contributed by atoms with van der Waals surface area (Å²) in [6.45, 7) is 4.45. The highest BCUT2D eigenvalue weighted by atomic mass is 32.2. The average molecular weight is 313 g/mol. The molecule has 7 heteroatoms. The lowest BCUT2D eigenvalue weighted by atomic mass is 9.93. The van der Waals surface area contributed by atoms with Crippen LogP contribution < -0.4 is 0 Å². The maximum Gasteiger partial charge on any atom is 0.214 e. The molecule has 1 fully saturated rings. The van der Waals surface area contributed by atoms with Gasteiger partial charge in [0.05, 0.1) is 5.75 Å². The van der Waals surface area contributed by atoms with Crippen molar-refractivity contribution in [2.24, 2.45) is 13.0 Å². The van der Waals surface area contributed by atoms with Gasteiger partial charge in [-0.2, -0.15) is 0 Å². The maximum absolute atomic E-state index is 12.2. The second-order valence-corrected chi connectivity index (χ2v) is 7.58. The van der Waals surface area contributed by atoms with Crippen molar-refractivity contribution in [3.63, 3.8) is 0 Å². The quantitative estimate of drug-likeness (QED) is 0.797. The Bertz CT molecular complexity index is 582. The number of nitrogens with zero attached hydrogens (tertiary/aromatic N) is 3. The summed E-state index contributed by atoms with van der Waals surface area (Å²) in [6.07, 6.45) is 6.32. The first-order chi connectivity index (χ1) is 9.95. The number of aromatic nitrogens is 2. The Kier molecular flexibility index (Phi) is 5.18. The summed E-state index contributed by atoms with van der Waals surface area (Å²) in [5.41, 5.74) is 0. The van der Waals surface area contributed by atoms with Crippen LogP contribution in [0.1, 0.15) is 31.2 Å². The third kappa shape index (κ3) is 3.72. The summed E-state index contributed by atoms with van der Waals surface area (Å²) in [6, 6.07) is 0. The van der Waals surface area contributed by atoms with Gasteiger partial charge in [0, 0.05) is 38.4 Å². The van der Waals surface area contributed by atoms with E-state index >= 15 is 0 Å². The van der Waals surface area contributed by atoms with Crippen LogP contribution in [0.3, 0.4) is 0 Å². The van der Waals surface area contributed by atoms with Crippen LogP contribution in [0.25, 0.3) is 0 Å². The Morgan fingerprint density at radius 3 is 3.00 bits per heavy atom. The van der Waals surface area contributed by atoms with Gasteiger partial charge >= 0.3 is 0 Å². The van der Waals surface area contributed by atoms with Gasteiger partial charge in [0.25, 0.3) is 0 Å². The van der Waals surface area contributed by atoms with Gasteiger partial charge in [-0.1, -0.05) is 6.08 Å². The second kappa shape index (κ2) is 6.72. The number of rotatable bonds is 6. The first-order valence-electron chi connectivity index (χ1n) is 7.19. The molecule has 0 saturated carbocycles. The van der Waals surface area contributed by atoms with Crippen LogP contribution in [-0.4, -0.2) is 46.2 Å². The fourth-order valence-electron chi connectivity index (χ4n) is 2.72. The first kappa shape index (κ1) is 16.2. The molecular formula is C14H23N3O3S. The van der Waals surface area contributed by atoms with Crippen molar-refractivity contribution in [1.82, 2.24) is 13.9 Å². The Balaban J connectivity index is 2.07. The summed E-state index contributed by atoms with van der Waals surface area (Å²) in [5.74, 6) is 0.561. The molecule has 0 spiro atoms. The van der Waals surface area contributed by atoms with E-state index in [0.717, 1.165) is 12.8 Å². The monoisotopic (exact) mass is 313 g/mol. The molecule has 2 atom stereocenters. The SMILES string of the molecule is C=CCCS(=O)(=O)N1CCCC(C(O)c2nccn2C)C1. The van der Waals surface area contributed by atoms with E-state index in [4.69, 9.17) is 0 Å². The number of aryl methyl sites for hydroxylation is 1. The smallest absolute Gasteiger partial charge is 0.214 e. The van der Waals surface area contributed by atoms with Gasteiger partial charge in [-0.25, -0.2) is 17.7 Å². The second-order valence-electron chi connectivity index (χ2n) is 5.49. The van der Waals surface area contributed by atoms with Crippen molar-refractivity contribution < 1.29 is 13.5 Å². The molecule has 2 rings (SSSR count). The van der Waals surface area contributed by atoms with Crippen LogP contribution in [0.2, 0.25) is 0 Å². The van der Waals surface area contributed by atoms with Crippen molar-refractivity contribution in [3.8, 4) is 0 Å². The largest absolute Gasteiger partial charge is 0.385 e. The third-order valence-corrected chi connectivity index (χ3v) is 5.83. The van der Waals surface area contributed by atoms with Crippen molar-refractivity contribution in [2.45, 2.75) is 25.4 Å². The van der Waals surface area contributed by atoms with Gasteiger partial charge in [-0.15, -0.1) is 6.58 Å². The van der Waals surface area contributed by atoms with Crippen molar-refractivity contribution in [2.75, 3.05) is 18.8 Å².